The lowest BCUT2D eigenvalue weighted by Crippen LogP contribution is -2.09. The van der Waals surface area contributed by atoms with Gasteiger partial charge in [0.15, 0.2) is 12.4 Å². The van der Waals surface area contributed by atoms with E-state index in [1.54, 1.807) is 11.7 Å². The van der Waals surface area contributed by atoms with E-state index in [1.165, 1.54) is 6.20 Å². The van der Waals surface area contributed by atoms with Gasteiger partial charge in [-0.3, -0.25) is 4.68 Å². The number of carboxylic acids is 1. The second-order valence-electron chi connectivity index (χ2n) is 2.40. The second kappa shape index (κ2) is 3.25. The molecule has 0 aliphatic rings. The summed E-state index contributed by atoms with van der Waals surface area (Å²) in [6.45, 7) is 1.48. The van der Waals surface area contributed by atoms with Gasteiger partial charge in [-0.25, -0.2) is 4.79 Å². The third-order valence-corrected chi connectivity index (χ3v) is 1.54. The largest absolute Gasteiger partial charge is 0.479 e. The molecule has 66 valence electrons. The van der Waals surface area contributed by atoms with Crippen LogP contribution in [0.4, 0.5) is 0 Å². The minimum absolute atomic E-state index is 0.327. The van der Waals surface area contributed by atoms with Gasteiger partial charge in [-0.05, 0) is 6.92 Å². The molecule has 1 heterocycles. The Morgan fingerprint density at radius 1 is 1.83 bits per heavy atom. The van der Waals surface area contributed by atoms with Crippen molar-refractivity contribution in [1.29, 1.82) is 0 Å². The Morgan fingerprint density at radius 2 is 2.50 bits per heavy atom. The summed E-state index contributed by atoms with van der Waals surface area (Å²) in [5.74, 6) is -0.474. The highest BCUT2D eigenvalue weighted by Crippen LogP contribution is 2.14. The molecule has 1 aromatic heterocycles. The number of nitrogens with zero attached hydrogens (tertiary/aromatic N) is 2. The summed E-state index contributed by atoms with van der Waals surface area (Å²) in [6, 6.07) is 0. The average molecular weight is 170 g/mol. The van der Waals surface area contributed by atoms with Gasteiger partial charge in [-0.2, -0.15) is 5.10 Å². The van der Waals surface area contributed by atoms with Crippen LogP contribution < -0.4 is 4.74 Å². The average Bonchev–Trinajstić information content (AvgIpc) is 2.30. The Kier molecular flexibility index (Phi) is 2.32. The number of carboxylic acid groups (broad SMARTS) is 1. The van der Waals surface area contributed by atoms with E-state index < -0.39 is 5.97 Å². The standard InChI is InChI=1S/C7H10N2O3/c1-5-6(3-8-9(5)2)12-4-7(10)11/h3H,4H2,1-2H3,(H,10,11). The van der Waals surface area contributed by atoms with Crippen LogP contribution in [-0.2, 0) is 11.8 Å². The van der Waals surface area contributed by atoms with Gasteiger partial charge < -0.3 is 9.84 Å². The number of hydrogen-bond acceptors (Lipinski definition) is 3. The van der Waals surface area contributed by atoms with E-state index in [0.29, 0.717) is 5.75 Å². The molecule has 0 saturated carbocycles. The minimum Gasteiger partial charge on any atom is -0.479 e. The van der Waals surface area contributed by atoms with E-state index >= 15 is 0 Å². The van der Waals surface area contributed by atoms with E-state index in [-0.39, 0.29) is 6.61 Å². The summed E-state index contributed by atoms with van der Waals surface area (Å²) in [5.41, 5.74) is 0.816. The van der Waals surface area contributed by atoms with Crippen molar-refractivity contribution < 1.29 is 14.6 Å². The first kappa shape index (κ1) is 8.58. The predicted octanol–water partition coefficient (Wildman–Crippen LogP) is 0.192. The van der Waals surface area contributed by atoms with E-state index in [9.17, 15) is 4.79 Å². The molecule has 0 aliphatic heterocycles. The van der Waals surface area contributed by atoms with Crippen LogP contribution in [-0.4, -0.2) is 27.5 Å². The molecule has 1 rings (SSSR count). The summed E-state index contributed by atoms with van der Waals surface area (Å²) in [5, 5.41) is 12.2. The predicted molar refractivity (Wildman–Crippen MR) is 41.1 cm³/mol. The number of hydrogen-bond donors (Lipinski definition) is 1. The molecular formula is C7H10N2O3. The monoisotopic (exact) mass is 170 g/mol. The van der Waals surface area contributed by atoms with Gasteiger partial charge in [-0.1, -0.05) is 0 Å². The zero-order valence-corrected chi connectivity index (χ0v) is 6.94. The van der Waals surface area contributed by atoms with Crippen molar-refractivity contribution in [3.05, 3.63) is 11.9 Å². The van der Waals surface area contributed by atoms with E-state index in [4.69, 9.17) is 9.84 Å². The van der Waals surface area contributed by atoms with E-state index in [0.717, 1.165) is 5.69 Å². The summed E-state index contributed by atoms with van der Waals surface area (Å²) in [6.07, 6.45) is 1.50. The Labute approximate surface area is 69.6 Å². The van der Waals surface area contributed by atoms with Gasteiger partial charge >= 0.3 is 5.97 Å². The molecule has 0 amide bonds. The Bertz CT molecular complexity index is 293. The Balaban J connectivity index is 2.63. The molecule has 0 unspecified atom stereocenters. The molecule has 0 radical (unpaired) electrons. The summed E-state index contributed by atoms with van der Waals surface area (Å²) in [7, 11) is 1.77. The van der Waals surface area contributed by atoms with Crippen LogP contribution >= 0.6 is 0 Å². The van der Waals surface area contributed by atoms with Crippen LogP contribution in [0, 0.1) is 6.92 Å². The van der Waals surface area contributed by atoms with Crippen molar-refractivity contribution in [2.24, 2.45) is 7.05 Å². The van der Waals surface area contributed by atoms with Gasteiger partial charge in [0.1, 0.15) is 0 Å². The fourth-order valence-corrected chi connectivity index (χ4v) is 0.760. The van der Waals surface area contributed by atoms with Gasteiger partial charge in [0.2, 0.25) is 0 Å². The smallest absolute Gasteiger partial charge is 0.341 e. The topological polar surface area (TPSA) is 64.3 Å². The van der Waals surface area contributed by atoms with Crippen molar-refractivity contribution in [2.45, 2.75) is 6.92 Å². The molecule has 0 aromatic carbocycles. The minimum atomic E-state index is -0.988. The maximum absolute atomic E-state index is 10.1. The lowest BCUT2D eigenvalue weighted by atomic mass is 10.4. The van der Waals surface area contributed by atoms with Crippen molar-refractivity contribution in [3.8, 4) is 5.75 Å². The van der Waals surface area contributed by atoms with E-state index in [2.05, 4.69) is 5.10 Å². The highest BCUT2D eigenvalue weighted by molar-refractivity contribution is 5.68. The van der Waals surface area contributed by atoms with Crippen molar-refractivity contribution in [1.82, 2.24) is 9.78 Å². The fourth-order valence-electron chi connectivity index (χ4n) is 0.760. The van der Waals surface area contributed by atoms with Crippen LogP contribution in [0.5, 0.6) is 5.75 Å². The molecule has 12 heavy (non-hydrogen) atoms. The molecule has 5 heteroatoms. The summed E-state index contributed by atoms with van der Waals surface area (Å²) < 4.78 is 6.56. The van der Waals surface area contributed by atoms with Crippen LogP contribution in [0.1, 0.15) is 5.69 Å². The zero-order chi connectivity index (χ0) is 9.14. The normalized spacial score (nSPS) is 9.83. The molecule has 0 bridgehead atoms. The number of carbonyl (C=O) groups is 1. The lowest BCUT2D eigenvalue weighted by molar-refractivity contribution is -0.139. The van der Waals surface area contributed by atoms with Gasteiger partial charge in [0.25, 0.3) is 0 Å². The number of aromatic nitrogens is 2. The van der Waals surface area contributed by atoms with E-state index in [1.807, 2.05) is 6.92 Å². The maximum atomic E-state index is 10.1. The van der Waals surface area contributed by atoms with Crippen molar-refractivity contribution in [3.63, 3.8) is 0 Å². The molecule has 1 N–H and O–H groups in total. The van der Waals surface area contributed by atoms with Crippen molar-refractivity contribution >= 4 is 5.97 Å². The highest BCUT2D eigenvalue weighted by atomic mass is 16.5. The molecule has 0 aliphatic carbocycles. The second-order valence-corrected chi connectivity index (χ2v) is 2.40. The molecule has 5 nitrogen and oxygen atoms in total. The molecule has 0 saturated heterocycles. The van der Waals surface area contributed by atoms with Crippen LogP contribution in [0.15, 0.2) is 6.20 Å². The number of ether oxygens (including phenoxy) is 1. The Morgan fingerprint density at radius 3 is 2.92 bits per heavy atom. The first-order chi connectivity index (χ1) is 5.61. The number of aryl methyl sites for hydroxylation is 1. The molecular weight excluding hydrogens is 160 g/mol. The molecule has 0 spiro atoms. The quantitative estimate of drug-likeness (QED) is 0.703. The molecule has 0 atom stereocenters. The van der Waals surface area contributed by atoms with Gasteiger partial charge in [0.05, 0.1) is 11.9 Å². The summed E-state index contributed by atoms with van der Waals surface area (Å²) in [4.78, 5) is 10.1. The first-order valence-electron chi connectivity index (χ1n) is 3.44. The lowest BCUT2D eigenvalue weighted by Gasteiger charge is -2.00. The SMILES string of the molecule is Cc1c(OCC(=O)O)cnn1C. The third kappa shape index (κ3) is 1.75. The van der Waals surface area contributed by atoms with Crippen molar-refractivity contribution in [2.75, 3.05) is 6.61 Å². The highest BCUT2D eigenvalue weighted by Gasteiger charge is 2.05. The van der Waals surface area contributed by atoms with Crippen LogP contribution in [0.25, 0.3) is 0 Å². The number of aliphatic carboxylic acids is 1. The Hall–Kier alpha value is -1.52. The van der Waals surface area contributed by atoms with Crippen LogP contribution in [0.3, 0.4) is 0 Å². The fraction of sp³-hybridized carbons (Fsp3) is 0.429. The first-order valence-corrected chi connectivity index (χ1v) is 3.44. The third-order valence-electron chi connectivity index (χ3n) is 1.54. The zero-order valence-electron chi connectivity index (χ0n) is 6.94. The molecule has 1 aromatic rings. The maximum Gasteiger partial charge on any atom is 0.341 e. The van der Waals surface area contributed by atoms with Crippen LogP contribution in [0.2, 0.25) is 0 Å². The molecule has 0 fully saturated rings. The number of rotatable bonds is 3. The summed E-state index contributed by atoms with van der Waals surface area (Å²) >= 11 is 0. The van der Waals surface area contributed by atoms with Gasteiger partial charge in [0, 0.05) is 7.05 Å². The van der Waals surface area contributed by atoms with Gasteiger partial charge in [-0.15, -0.1) is 0 Å².